The van der Waals surface area contributed by atoms with E-state index in [2.05, 4.69) is 47.8 Å². The second-order valence-electron chi connectivity index (χ2n) is 4.22. The molecule has 1 aromatic heterocycles. The Morgan fingerprint density at radius 1 is 0.950 bits per heavy atom. The van der Waals surface area contributed by atoms with Gasteiger partial charge in [0, 0.05) is 40.0 Å². The quantitative estimate of drug-likeness (QED) is 0.392. The van der Waals surface area contributed by atoms with Gasteiger partial charge in [0.2, 0.25) is 0 Å². The zero-order valence-corrected chi connectivity index (χ0v) is 15.6. The smallest absolute Gasteiger partial charge is 0.195 e. The van der Waals surface area contributed by atoms with Crippen LogP contribution in [0.2, 0.25) is 0 Å². The maximum absolute atomic E-state index is 12.7. The first-order chi connectivity index (χ1) is 9.58. The number of carbonyl (C=O) groups excluding carboxylic acids is 1. The Bertz CT molecular complexity index is 823. The topological polar surface area (TPSA) is 17.1 Å². The number of benzene rings is 2. The van der Waals surface area contributed by atoms with Gasteiger partial charge in [-0.3, -0.25) is 4.79 Å². The van der Waals surface area contributed by atoms with Crippen molar-refractivity contribution in [3.05, 3.63) is 66.3 Å². The third-order valence-corrected chi connectivity index (χ3v) is 6.11. The molecule has 5 heteroatoms. The number of fused-ring (bicyclic) bond motifs is 1. The van der Waals surface area contributed by atoms with Gasteiger partial charge in [-0.1, -0.05) is 44.0 Å². The summed E-state index contributed by atoms with van der Waals surface area (Å²) in [7, 11) is 0. The average molecular weight is 475 g/mol. The minimum absolute atomic E-state index is 0.0301. The van der Waals surface area contributed by atoms with Gasteiger partial charge < -0.3 is 0 Å². The highest BCUT2D eigenvalue weighted by Crippen LogP contribution is 2.34. The van der Waals surface area contributed by atoms with Gasteiger partial charge in [0.25, 0.3) is 0 Å². The molecule has 0 aliphatic carbocycles. The summed E-state index contributed by atoms with van der Waals surface area (Å²) < 4.78 is 3.82. The standard InChI is InChI=1S/C15H7Br3OS/c16-8-4-5-12(17)10(6-8)14(19)11-7-20-15-9(11)2-1-3-13(15)18/h1-7H. The van der Waals surface area contributed by atoms with Gasteiger partial charge in [-0.15, -0.1) is 11.3 Å². The van der Waals surface area contributed by atoms with Crippen LogP contribution in [0.4, 0.5) is 0 Å². The van der Waals surface area contributed by atoms with E-state index < -0.39 is 0 Å². The average Bonchev–Trinajstić information content (AvgIpc) is 2.86. The van der Waals surface area contributed by atoms with Crippen LogP contribution >= 0.6 is 59.1 Å². The maximum Gasteiger partial charge on any atom is 0.195 e. The molecule has 0 radical (unpaired) electrons. The van der Waals surface area contributed by atoms with Crippen LogP contribution in [0, 0.1) is 0 Å². The van der Waals surface area contributed by atoms with Gasteiger partial charge in [0.1, 0.15) is 0 Å². The van der Waals surface area contributed by atoms with Crippen LogP contribution in [-0.4, -0.2) is 5.78 Å². The normalized spacial score (nSPS) is 10.9. The minimum atomic E-state index is 0.0301. The Hall–Kier alpha value is -0.490. The van der Waals surface area contributed by atoms with Crippen LogP contribution in [0.25, 0.3) is 10.1 Å². The molecule has 0 fully saturated rings. The number of ketones is 1. The molecular weight excluding hydrogens is 468 g/mol. The van der Waals surface area contributed by atoms with Gasteiger partial charge >= 0.3 is 0 Å². The van der Waals surface area contributed by atoms with Crippen molar-refractivity contribution in [2.75, 3.05) is 0 Å². The minimum Gasteiger partial charge on any atom is -0.289 e. The van der Waals surface area contributed by atoms with E-state index in [4.69, 9.17) is 0 Å². The molecule has 0 amide bonds. The highest BCUT2D eigenvalue weighted by atomic mass is 79.9. The number of hydrogen-bond donors (Lipinski definition) is 0. The molecule has 2 aromatic carbocycles. The molecule has 3 aromatic rings. The first-order valence-corrected chi connectivity index (χ1v) is 8.99. The molecular formula is C15H7Br3OS. The second kappa shape index (κ2) is 5.72. The fourth-order valence-corrected chi connectivity index (χ4v) is 4.40. The van der Waals surface area contributed by atoms with Crippen molar-refractivity contribution in [2.45, 2.75) is 0 Å². The number of halogens is 3. The number of hydrogen-bond acceptors (Lipinski definition) is 2. The summed E-state index contributed by atoms with van der Waals surface area (Å²) in [6.45, 7) is 0. The highest BCUT2D eigenvalue weighted by molar-refractivity contribution is 9.11. The SMILES string of the molecule is O=C(c1cc(Br)ccc1Br)c1csc2c(Br)cccc12. The first-order valence-electron chi connectivity index (χ1n) is 5.73. The van der Waals surface area contributed by atoms with Crippen molar-refractivity contribution in [1.82, 2.24) is 0 Å². The number of thiophene rings is 1. The van der Waals surface area contributed by atoms with Crippen LogP contribution in [0.1, 0.15) is 15.9 Å². The van der Waals surface area contributed by atoms with Crippen LogP contribution < -0.4 is 0 Å². The van der Waals surface area contributed by atoms with Crippen molar-refractivity contribution < 1.29 is 4.79 Å². The summed E-state index contributed by atoms with van der Waals surface area (Å²) in [6, 6.07) is 11.5. The molecule has 0 bridgehead atoms. The molecule has 0 unspecified atom stereocenters. The van der Waals surface area contributed by atoms with E-state index in [1.165, 1.54) is 0 Å². The molecule has 100 valence electrons. The van der Waals surface area contributed by atoms with Crippen molar-refractivity contribution in [2.24, 2.45) is 0 Å². The molecule has 0 N–H and O–H groups in total. The Balaban J connectivity index is 2.18. The Labute approximate surface area is 145 Å². The number of rotatable bonds is 2. The van der Waals surface area contributed by atoms with Gasteiger partial charge in [0.05, 0.1) is 0 Å². The molecule has 0 aliphatic heterocycles. The summed E-state index contributed by atoms with van der Waals surface area (Å²) in [5, 5.41) is 2.91. The van der Waals surface area contributed by atoms with Crippen molar-refractivity contribution in [1.29, 1.82) is 0 Å². The van der Waals surface area contributed by atoms with Crippen LogP contribution in [0.15, 0.2) is 55.2 Å². The lowest BCUT2D eigenvalue weighted by Gasteiger charge is -2.04. The van der Waals surface area contributed by atoms with Crippen LogP contribution in [0.5, 0.6) is 0 Å². The predicted octanol–water partition coefficient (Wildman–Crippen LogP) is 6.42. The summed E-state index contributed by atoms with van der Waals surface area (Å²) in [5.41, 5.74) is 1.41. The molecule has 0 aliphatic rings. The number of carbonyl (C=O) groups is 1. The van der Waals surface area contributed by atoms with Gasteiger partial charge in [0.15, 0.2) is 5.78 Å². The zero-order chi connectivity index (χ0) is 14.3. The molecule has 1 heterocycles. The van der Waals surface area contributed by atoms with Gasteiger partial charge in [-0.25, -0.2) is 0 Å². The fourth-order valence-electron chi connectivity index (χ4n) is 2.01. The molecule has 20 heavy (non-hydrogen) atoms. The Morgan fingerprint density at radius 2 is 1.75 bits per heavy atom. The van der Waals surface area contributed by atoms with E-state index in [0.29, 0.717) is 5.56 Å². The van der Waals surface area contributed by atoms with E-state index >= 15 is 0 Å². The summed E-state index contributed by atoms with van der Waals surface area (Å²) >= 11 is 12.0. The zero-order valence-electron chi connectivity index (χ0n) is 9.99. The van der Waals surface area contributed by atoms with Gasteiger partial charge in [-0.05, 0) is 40.2 Å². The molecule has 3 rings (SSSR count). The Morgan fingerprint density at radius 3 is 2.55 bits per heavy atom. The predicted molar refractivity (Wildman–Crippen MR) is 94.8 cm³/mol. The van der Waals surface area contributed by atoms with Crippen LogP contribution in [-0.2, 0) is 0 Å². The third-order valence-electron chi connectivity index (χ3n) is 2.97. The maximum atomic E-state index is 12.7. The van der Waals surface area contributed by atoms with Crippen molar-refractivity contribution in [3.63, 3.8) is 0 Å². The van der Waals surface area contributed by atoms with E-state index in [1.807, 2.05) is 41.8 Å². The monoisotopic (exact) mass is 472 g/mol. The summed E-state index contributed by atoms with van der Waals surface area (Å²) in [6.07, 6.45) is 0. The highest BCUT2D eigenvalue weighted by Gasteiger charge is 2.17. The van der Waals surface area contributed by atoms with E-state index in [1.54, 1.807) is 11.3 Å². The Kier molecular flexibility index (Phi) is 4.13. The second-order valence-corrected chi connectivity index (χ2v) is 7.72. The fraction of sp³-hybridized carbons (Fsp3) is 0. The molecule has 0 spiro atoms. The largest absolute Gasteiger partial charge is 0.289 e. The first kappa shape index (κ1) is 14.4. The van der Waals surface area contributed by atoms with Crippen molar-refractivity contribution >= 4 is 75.0 Å². The van der Waals surface area contributed by atoms with E-state index in [9.17, 15) is 4.79 Å². The lowest BCUT2D eigenvalue weighted by Crippen LogP contribution is -2.01. The van der Waals surface area contributed by atoms with E-state index in [0.717, 1.165) is 29.1 Å². The lowest BCUT2D eigenvalue weighted by atomic mass is 10.0. The molecule has 0 atom stereocenters. The summed E-state index contributed by atoms with van der Waals surface area (Å²) in [5.74, 6) is 0.0301. The van der Waals surface area contributed by atoms with Crippen molar-refractivity contribution in [3.8, 4) is 0 Å². The molecule has 1 nitrogen and oxygen atoms in total. The summed E-state index contributed by atoms with van der Waals surface area (Å²) in [4.78, 5) is 12.7. The molecule has 0 saturated carbocycles. The molecule has 0 saturated heterocycles. The third kappa shape index (κ3) is 2.52. The van der Waals surface area contributed by atoms with Crippen LogP contribution in [0.3, 0.4) is 0 Å². The van der Waals surface area contributed by atoms with Gasteiger partial charge in [-0.2, -0.15) is 0 Å². The lowest BCUT2D eigenvalue weighted by molar-refractivity contribution is 0.104. The van der Waals surface area contributed by atoms with E-state index in [-0.39, 0.29) is 5.78 Å².